The molecule has 18 heavy (non-hydrogen) atoms. The van der Waals surface area contributed by atoms with Crippen LogP contribution in [0.5, 0.6) is 0 Å². The van der Waals surface area contributed by atoms with Gasteiger partial charge in [-0.1, -0.05) is 0 Å². The summed E-state index contributed by atoms with van der Waals surface area (Å²) in [5.41, 5.74) is -0.306. The lowest BCUT2D eigenvalue weighted by Crippen LogP contribution is -2.57. The van der Waals surface area contributed by atoms with Crippen LogP contribution in [0.2, 0.25) is 0 Å². The minimum Gasteiger partial charge on any atom is -0.301 e. The van der Waals surface area contributed by atoms with Crippen molar-refractivity contribution < 1.29 is 0 Å². The van der Waals surface area contributed by atoms with Crippen LogP contribution in [0.4, 0.5) is 0 Å². The van der Waals surface area contributed by atoms with E-state index in [9.17, 15) is 5.26 Å². The van der Waals surface area contributed by atoms with E-state index in [2.05, 4.69) is 35.0 Å². The van der Waals surface area contributed by atoms with Gasteiger partial charge in [0.15, 0.2) is 0 Å². The summed E-state index contributed by atoms with van der Waals surface area (Å²) in [6, 6.07) is 3.18. The molecule has 1 heterocycles. The van der Waals surface area contributed by atoms with Crippen LogP contribution in [0.15, 0.2) is 0 Å². The number of rotatable bonds is 5. The Morgan fingerprint density at radius 2 is 1.89 bits per heavy atom. The second-order valence-corrected chi connectivity index (χ2v) is 6.01. The van der Waals surface area contributed by atoms with Crippen LogP contribution in [-0.2, 0) is 0 Å². The van der Waals surface area contributed by atoms with Crippen molar-refractivity contribution in [3.05, 3.63) is 0 Å². The van der Waals surface area contributed by atoms with E-state index >= 15 is 0 Å². The summed E-state index contributed by atoms with van der Waals surface area (Å²) in [6.45, 7) is 9.85. The summed E-state index contributed by atoms with van der Waals surface area (Å²) in [5, 5.41) is 12.8. The molecule has 4 heteroatoms. The molecule has 1 aliphatic heterocycles. The first-order valence-electron chi connectivity index (χ1n) is 7.18. The highest BCUT2D eigenvalue weighted by Gasteiger charge is 2.45. The van der Waals surface area contributed by atoms with E-state index in [1.807, 2.05) is 7.05 Å². The van der Waals surface area contributed by atoms with E-state index in [0.29, 0.717) is 12.0 Å². The summed E-state index contributed by atoms with van der Waals surface area (Å²) >= 11 is 0. The number of likely N-dealkylation sites (N-methyl/N-ethyl adjacent to an activating group) is 1. The fourth-order valence-electron chi connectivity index (χ4n) is 2.96. The largest absolute Gasteiger partial charge is 0.301 e. The maximum Gasteiger partial charge on any atom is 0.122 e. The van der Waals surface area contributed by atoms with Gasteiger partial charge in [-0.2, -0.15) is 5.26 Å². The van der Waals surface area contributed by atoms with E-state index in [0.717, 1.165) is 32.7 Å². The Bertz CT molecular complexity index is 310. The molecule has 0 spiro atoms. The monoisotopic (exact) mass is 250 g/mol. The van der Waals surface area contributed by atoms with Gasteiger partial charge in [0.1, 0.15) is 5.54 Å². The standard InChI is InChI=1S/C14H26N4/c1-12(2)18-8-6-17(7-9-18)11-14(10-15,16-3)13-4-5-13/h12-13,16H,4-9,11H2,1-3H3. The third-order valence-electron chi connectivity index (χ3n) is 4.53. The fourth-order valence-corrected chi connectivity index (χ4v) is 2.96. The Kier molecular flexibility index (Phi) is 4.26. The summed E-state index contributed by atoms with van der Waals surface area (Å²) in [6.07, 6.45) is 2.42. The van der Waals surface area contributed by atoms with Crippen LogP contribution >= 0.6 is 0 Å². The van der Waals surface area contributed by atoms with E-state index in [1.165, 1.54) is 12.8 Å². The van der Waals surface area contributed by atoms with Crippen LogP contribution in [0, 0.1) is 17.2 Å². The maximum atomic E-state index is 9.51. The Balaban J connectivity index is 1.88. The first-order valence-corrected chi connectivity index (χ1v) is 7.18. The second-order valence-electron chi connectivity index (χ2n) is 6.01. The summed E-state index contributed by atoms with van der Waals surface area (Å²) in [7, 11) is 1.94. The average molecular weight is 250 g/mol. The van der Waals surface area contributed by atoms with Crippen molar-refractivity contribution in [3.8, 4) is 6.07 Å². The molecule has 1 saturated carbocycles. The minimum absolute atomic E-state index is 0.306. The van der Waals surface area contributed by atoms with Gasteiger partial charge < -0.3 is 5.32 Å². The fraction of sp³-hybridized carbons (Fsp3) is 0.929. The maximum absolute atomic E-state index is 9.51. The number of nitrogens with zero attached hydrogens (tertiary/aromatic N) is 3. The summed E-state index contributed by atoms with van der Waals surface area (Å²) < 4.78 is 0. The minimum atomic E-state index is -0.306. The lowest BCUT2D eigenvalue weighted by molar-refractivity contribution is 0.0904. The molecule has 2 fully saturated rings. The van der Waals surface area contributed by atoms with Gasteiger partial charge in [0, 0.05) is 38.8 Å². The van der Waals surface area contributed by atoms with Gasteiger partial charge in [0.25, 0.3) is 0 Å². The van der Waals surface area contributed by atoms with Crippen LogP contribution < -0.4 is 5.32 Å². The van der Waals surface area contributed by atoms with E-state index in [4.69, 9.17) is 0 Å². The molecule has 1 N–H and O–H groups in total. The number of hydrogen-bond acceptors (Lipinski definition) is 4. The van der Waals surface area contributed by atoms with Gasteiger partial charge in [0.2, 0.25) is 0 Å². The molecule has 0 aromatic heterocycles. The average Bonchev–Trinajstić information content (AvgIpc) is 3.21. The third kappa shape index (κ3) is 2.85. The highest BCUT2D eigenvalue weighted by Crippen LogP contribution is 2.39. The summed E-state index contributed by atoms with van der Waals surface area (Å²) in [5.74, 6) is 0.565. The number of nitriles is 1. The Hall–Kier alpha value is -0.630. The van der Waals surface area contributed by atoms with Crippen LogP contribution in [0.1, 0.15) is 26.7 Å². The quantitative estimate of drug-likeness (QED) is 0.787. The molecule has 0 aromatic carbocycles. The van der Waals surface area contributed by atoms with Crippen LogP contribution in [0.3, 0.4) is 0 Å². The van der Waals surface area contributed by atoms with E-state index < -0.39 is 0 Å². The lowest BCUT2D eigenvalue weighted by Gasteiger charge is -2.40. The van der Waals surface area contributed by atoms with Gasteiger partial charge in [-0.3, -0.25) is 9.80 Å². The molecular formula is C14H26N4. The number of nitrogens with one attached hydrogen (secondary N) is 1. The number of piperazine rings is 1. The van der Waals surface area contributed by atoms with Crippen molar-refractivity contribution in [2.24, 2.45) is 5.92 Å². The molecule has 1 atom stereocenters. The Morgan fingerprint density at radius 3 is 2.28 bits per heavy atom. The molecular weight excluding hydrogens is 224 g/mol. The SMILES string of the molecule is CNC(C#N)(CN1CCN(C(C)C)CC1)C1CC1. The first-order chi connectivity index (χ1) is 8.61. The zero-order valence-corrected chi connectivity index (χ0v) is 11.9. The van der Waals surface area contributed by atoms with Crippen molar-refractivity contribution >= 4 is 0 Å². The molecule has 0 bridgehead atoms. The molecule has 1 aliphatic carbocycles. The van der Waals surface area contributed by atoms with Crippen molar-refractivity contribution in [1.29, 1.82) is 5.26 Å². The predicted molar refractivity (Wildman–Crippen MR) is 73.3 cm³/mol. The van der Waals surface area contributed by atoms with Gasteiger partial charge in [0.05, 0.1) is 6.07 Å². The molecule has 1 saturated heterocycles. The second kappa shape index (κ2) is 5.56. The molecule has 1 unspecified atom stereocenters. The Morgan fingerprint density at radius 1 is 1.28 bits per heavy atom. The zero-order valence-electron chi connectivity index (χ0n) is 11.9. The third-order valence-corrected chi connectivity index (χ3v) is 4.53. The molecule has 2 rings (SSSR count). The predicted octanol–water partition coefficient (Wildman–Crippen LogP) is 0.904. The smallest absolute Gasteiger partial charge is 0.122 e. The van der Waals surface area contributed by atoms with Gasteiger partial charge in [-0.15, -0.1) is 0 Å². The van der Waals surface area contributed by atoms with Crippen LogP contribution in [0.25, 0.3) is 0 Å². The van der Waals surface area contributed by atoms with Crippen molar-refractivity contribution in [1.82, 2.24) is 15.1 Å². The highest BCUT2D eigenvalue weighted by molar-refractivity contribution is 5.16. The molecule has 102 valence electrons. The van der Waals surface area contributed by atoms with E-state index in [-0.39, 0.29) is 5.54 Å². The van der Waals surface area contributed by atoms with Gasteiger partial charge >= 0.3 is 0 Å². The molecule has 2 aliphatic rings. The normalized spacial score (nSPS) is 25.9. The molecule has 4 nitrogen and oxygen atoms in total. The number of hydrogen-bond donors (Lipinski definition) is 1. The first kappa shape index (κ1) is 13.8. The summed E-state index contributed by atoms with van der Waals surface area (Å²) in [4.78, 5) is 4.97. The Labute approximate surface area is 111 Å². The van der Waals surface area contributed by atoms with Gasteiger partial charge in [-0.05, 0) is 39.7 Å². The van der Waals surface area contributed by atoms with Gasteiger partial charge in [-0.25, -0.2) is 0 Å². The lowest BCUT2D eigenvalue weighted by atomic mass is 9.94. The topological polar surface area (TPSA) is 42.3 Å². The zero-order chi connectivity index (χ0) is 13.2. The molecule has 0 amide bonds. The van der Waals surface area contributed by atoms with Crippen molar-refractivity contribution in [3.63, 3.8) is 0 Å². The van der Waals surface area contributed by atoms with E-state index in [1.54, 1.807) is 0 Å². The van der Waals surface area contributed by atoms with Crippen molar-refractivity contribution in [2.75, 3.05) is 39.8 Å². The highest BCUT2D eigenvalue weighted by atomic mass is 15.3. The van der Waals surface area contributed by atoms with Crippen molar-refractivity contribution in [2.45, 2.75) is 38.3 Å². The molecule has 0 radical (unpaired) electrons. The molecule has 0 aromatic rings. The van der Waals surface area contributed by atoms with Crippen LogP contribution in [-0.4, -0.2) is 61.2 Å².